The summed E-state index contributed by atoms with van der Waals surface area (Å²) in [4.78, 5) is 27.6. The average Bonchev–Trinajstić information content (AvgIpc) is 3.43. The van der Waals surface area contributed by atoms with Crippen LogP contribution in [0.15, 0.2) is 36.4 Å². The summed E-state index contributed by atoms with van der Waals surface area (Å²) in [6, 6.07) is 10.4. The van der Waals surface area contributed by atoms with Crippen molar-refractivity contribution in [2.45, 2.75) is 77.7 Å². The number of rotatable bonds is 9. The lowest BCUT2D eigenvalue weighted by atomic mass is 9.86. The lowest BCUT2D eigenvalue weighted by molar-refractivity contribution is -0.125. The van der Waals surface area contributed by atoms with Crippen molar-refractivity contribution < 1.29 is 14.0 Å². The molecule has 1 aliphatic carbocycles. The Balaban J connectivity index is 1.37. The molecule has 2 N–H and O–H groups in total. The van der Waals surface area contributed by atoms with Crippen LogP contribution in [0, 0.1) is 24.6 Å². The number of aryl methyl sites for hydroxylation is 1. The number of carbonyl (C=O) groups excluding carboxylic acids is 2. The number of nitrogens with one attached hydrogen (secondary N) is 2. The molecular formula is C31H41ClFN3O2. The second-order valence-corrected chi connectivity index (χ2v) is 11.7. The molecule has 2 amide bonds. The molecule has 1 saturated heterocycles. The number of halogens is 2. The van der Waals surface area contributed by atoms with E-state index in [1.165, 1.54) is 23.3 Å². The number of hydrogen-bond acceptors (Lipinski definition) is 3. The number of likely N-dealkylation sites (tertiary alicyclic amines) is 1. The molecule has 0 radical (unpaired) electrons. The fourth-order valence-electron chi connectivity index (χ4n) is 5.79. The summed E-state index contributed by atoms with van der Waals surface area (Å²) in [5, 5.41) is 6.63. The Hall–Kier alpha value is -2.44. The minimum Gasteiger partial charge on any atom is -0.349 e. The van der Waals surface area contributed by atoms with Gasteiger partial charge in [0, 0.05) is 29.1 Å². The van der Waals surface area contributed by atoms with E-state index in [-0.39, 0.29) is 35.5 Å². The first kappa shape index (κ1) is 28.6. The molecule has 1 aliphatic heterocycles. The number of benzene rings is 2. The van der Waals surface area contributed by atoms with Crippen molar-refractivity contribution >= 4 is 29.1 Å². The standard InChI is InChI=1S/C31H41ClFN3O2/c1-20(2)30(37)34-25-10-8-21(3)27(19-25)22-12-15-36(16-13-22)17-14-29(26-11-9-24(33)18-28(26)32)35-31(38)23-6-4-5-7-23/h8-11,18-20,22-23,29H,4-7,12-17H2,1-3H3,(H,34,37)(H,35,38). The Bertz CT molecular complexity index is 1120. The van der Waals surface area contributed by atoms with E-state index in [9.17, 15) is 14.0 Å². The van der Waals surface area contributed by atoms with Crippen LogP contribution in [-0.2, 0) is 9.59 Å². The van der Waals surface area contributed by atoms with Crippen molar-refractivity contribution in [1.29, 1.82) is 0 Å². The third kappa shape index (κ3) is 7.35. The van der Waals surface area contributed by atoms with Gasteiger partial charge in [-0.1, -0.05) is 50.4 Å². The first-order valence-corrected chi connectivity index (χ1v) is 14.5. The maximum atomic E-state index is 13.7. The quantitative estimate of drug-likeness (QED) is 0.359. The molecule has 1 unspecified atom stereocenters. The SMILES string of the molecule is Cc1ccc(NC(=O)C(C)C)cc1C1CCN(CCC(NC(=O)C2CCCC2)c2ccc(F)cc2Cl)CC1. The van der Waals surface area contributed by atoms with Crippen molar-refractivity contribution in [2.24, 2.45) is 11.8 Å². The normalized spacial score (nSPS) is 18.1. The molecular weight excluding hydrogens is 501 g/mol. The molecule has 38 heavy (non-hydrogen) atoms. The van der Waals surface area contributed by atoms with E-state index in [1.807, 2.05) is 19.9 Å². The Morgan fingerprint density at radius 1 is 1.05 bits per heavy atom. The Morgan fingerprint density at radius 2 is 1.76 bits per heavy atom. The highest BCUT2D eigenvalue weighted by Crippen LogP contribution is 2.34. The Labute approximate surface area is 231 Å². The zero-order chi connectivity index (χ0) is 27.2. The zero-order valence-corrected chi connectivity index (χ0v) is 23.6. The van der Waals surface area contributed by atoms with E-state index in [4.69, 9.17) is 11.6 Å². The third-order valence-corrected chi connectivity index (χ3v) is 8.54. The monoisotopic (exact) mass is 541 g/mol. The van der Waals surface area contributed by atoms with Crippen LogP contribution in [-0.4, -0.2) is 36.3 Å². The average molecular weight is 542 g/mol. The fourth-order valence-corrected chi connectivity index (χ4v) is 6.09. The van der Waals surface area contributed by atoms with Crippen LogP contribution < -0.4 is 10.6 Å². The summed E-state index contributed by atoms with van der Waals surface area (Å²) in [7, 11) is 0. The van der Waals surface area contributed by atoms with E-state index in [1.54, 1.807) is 6.07 Å². The van der Waals surface area contributed by atoms with Crippen LogP contribution >= 0.6 is 11.6 Å². The first-order chi connectivity index (χ1) is 18.2. The number of amides is 2. The summed E-state index contributed by atoms with van der Waals surface area (Å²) in [6.07, 6.45) is 6.88. The molecule has 2 aliphatic rings. The van der Waals surface area contributed by atoms with Gasteiger partial charge in [0.1, 0.15) is 5.82 Å². The number of hydrogen-bond donors (Lipinski definition) is 2. The van der Waals surface area contributed by atoms with Gasteiger partial charge in [0.25, 0.3) is 0 Å². The second-order valence-electron chi connectivity index (χ2n) is 11.3. The number of nitrogens with zero attached hydrogens (tertiary/aromatic N) is 1. The molecule has 0 spiro atoms. The van der Waals surface area contributed by atoms with Crippen molar-refractivity contribution in [2.75, 3.05) is 25.0 Å². The van der Waals surface area contributed by atoms with Gasteiger partial charge in [0.05, 0.1) is 6.04 Å². The Morgan fingerprint density at radius 3 is 2.42 bits per heavy atom. The summed E-state index contributed by atoms with van der Waals surface area (Å²) in [6.45, 7) is 8.70. The van der Waals surface area contributed by atoms with Gasteiger partial charge in [0.2, 0.25) is 11.8 Å². The lowest BCUT2D eigenvalue weighted by Crippen LogP contribution is -2.38. The van der Waals surface area contributed by atoms with Crippen LogP contribution in [0.1, 0.15) is 87.4 Å². The predicted octanol–water partition coefficient (Wildman–Crippen LogP) is 7.00. The first-order valence-electron chi connectivity index (χ1n) is 14.1. The largest absolute Gasteiger partial charge is 0.349 e. The van der Waals surface area contributed by atoms with Gasteiger partial charge >= 0.3 is 0 Å². The molecule has 7 heteroatoms. The van der Waals surface area contributed by atoms with Gasteiger partial charge in [-0.05, 0) is 99.0 Å². The minimum atomic E-state index is -0.371. The van der Waals surface area contributed by atoms with Gasteiger partial charge in [0.15, 0.2) is 0 Å². The molecule has 2 aromatic carbocycles. The van der Waals surface area contributed by atoms with Gasteiger partial charge in [-0.15, -0.1) is 0 Å². The number of carbonyl (C=O) groups is 2. The summed E-state index contributed by atoms with van der Waals surface area (Å²) >= 11 is 6.42. The van der Waals surface area contributed by atoms with E-state index in [0.29, 0.717) is 10.9 Å². The molecule has 1 atom stereocenters. The molecule has 5 nitrogen and oxygen atoms in total. The van der Waals surface area contributed by atoms with E-state index < -0.39 is 0 Å². The van der Waals surface area contributed by atoms with Gasteiger partial charge in [-0.3, -0.25) is 9.59 Å². The topological polar surface area (TPSA) is 61.4 Å². The molecule has 1 heterocycles. The molecule has 2 fully saturated rings. The highest BCUT2D eigenvalue weighted by atomic mass is 35.5. The summed E-state index contributed by atoms with van der Waals surface area (Å²) in [5.74, 6) is 0.213. The highest BCUT2D eigenvalue weighted by molar-refractivity contribution is 6.31. The maximum absolute atomic E-state index is 13.7. The van der Waals surface area contributed by atoms with Crippen molar-refractivity contribution in [1.82, 2.24) is 10.2 Å². The van der Waals surface area contributed by atoms with Crippen molar-refractivity contribution in [3.63, 3.8) is 0 Å². The molecule has 4 rings (SSSR count). The highest BCUT2D eigenvalue weighted by Gasteiger charge is 2.28. The minimum absolute atomic E-state index is 0.0328. The van der Waals surface area contributed by atoms with Crippen LogP contribution in [0.4, 0.5) is 10.1 Å². The van der Waals surface area contributed by atoms with Crippen LogP contribution in [0.5, 0.6) is 0 Å². The second kappa shape index (κ2) is 13.1. The maximum Gasteiger partial charge on any atom is 0.226 e. The van der Waals surface area contributed by atoms with Crippen LogP contribution in [0.25, 0.3) is 0 Å². The van der Waals surface area contributed by atoms with Crippen LogP contribution in [0.2, 0.25) is 5.02 Å². The predicted molar refractivity (Wildman–Crippen MR) is 152 cm³/mol. The molecule has 1 saturated carbocycles. The number of anilines is 1. The van der Waals surface area contributed by atoms with Crippen molar-refractivity contribution in [3.05, 3.63) is 63.9 Å². The van der Waals surface area contributed by atoms with Gasteiger partial charge < -0.3 is 15.5 Å². The smallest absolute Gasteiger partial charge is 0.226 e. The van der Waals surface area contributed by atoms with E-state index in [2.05, 4.69) is 34.6 Å². The lowest BCUT2D eigenvalue weighted by Gasteiger charge is -2.34. The summed E-state index contributed by atoms with van der Waals surface area (Å²) in [5.41, 5.74) is 4.21. The molecule has 2 aromatic rings. The van der Waals surface area contributed by atoms with Crippen LogP contribution in [0.3, 0.4) is 0 Å². The fraction of sp³-hybridized carbons (Fsp3) is 0.548. The molecule has 0 bridgehead atoms. The summed E-state index contributed by atoms with van der Waals surface area (Å²) < 4.78 is 13.7. The van der Waals surface area contributed by atoms with Gasteiger partial charge in [-0.2, -0.15) is 0 Å². The third-order valence-electron chi connectivity index (χ3n) is 8.21. The number of piperidine rings is 1. The van der Waals surface area contributed by atoms with Gasteiger partial charge in [-0.25, -0.2) is 4.39 Å². The molecule has 0 aromatic heterocycles. The van der Waals surface area contributed by atoms with Crippen molar-refractivity contribution in [3.8, 4) is 0 Å². The zero-order valence-electron chi connectivity index (χ0n) is 22.9. The van der Waals surface area contributed by atoms with E-state index >= 15 is 0 Å². The van der Waals surface area contributed by atoms with E-state index in [0.717, 1.165) is 75.8 Å². The molecule has 206 valence electrons. The Kier molecular flexibility index (Phi) is 9.83.